The molecule has 0 fully saturated rings. The second-order valence-corrected chi connectivity index (χ2v) is 3.98. The van der Waals surface area contributed by atoms with E-state index in [1.54, 1.807) is 6.07 Å². The predicted octanol–water partition coefficient (Wildman–Crippen LogP) is 3.35. The molecule has 1 aromatic carbocycles. The summed E-state index contributed by atoms with van der Waals surface area (Å²) in [4.78, 5) is 10.6. The summed E-state index contributed by atoms with van der Waals surface area (Å²) in [6, 6.07) is 5.60. The lowest BCUT2D eigenvalue weighted by molar-refractivity contribution is 0.112. The van der Waals surface area contributed by atoms with Crippen LogP contribution < -0.4 is 0 Å². The summed E-state index contributed by atoms with van der Waals surface area (Å²) in [7, 11) is 0. The van der Waals surface area contributed by atoms with Gasteiger partial charge in [0.05, 0.1) is 5.02 Å². The van der Waals surface area contributed by atoms with Crippen LogP contribution in [0.25, 0.3) is 0 Å². The van der Waals surface area contributed by atoms with Crippen LogP contribution in [-0.4, -0.2) is 6.29 Å². The van der Waals surface area contributed by atoms with Crippen LogP contribution in [0.4, 0.5) is 0 Å². The van der Waals surface area contributed by atoms with Crippen molar-refractivity contribution in [1.82, 2.24) is 0 Å². The average molecular weight is 197 g/mol. The lowest BCUT2D eigenvalue weighted by Crippen LogP contribution is -1.95. The van der Waals surface area contributed by atoms with E-state index < -0.39 is 0 Å². The number of rotatable bonds is 3. The van der Waals surface area contributed by atoms with Crippen LogP contribution in [0.15, 0.2) is 18.2 Å². The summed E-state index contributed by atoms with van der Waals surface area (Å²) in [6.45, 7) is 4.30. The molecule has 0 N–H and O–H groups in total. The van der Waals surface area contributed by atoms with E-state index in [0.717, 1.165) is 12.7 Å². The SMILES string of the molecule is CC(C)Cc1ccc(Cl)c(C=O)c1. The molecular formula is C11H13ClO. The highest BCUT2D eigenvalue weighted by atomic mass is 35.5. The van der Waals surface area contributed by atoms with Gasteiger partial charge in [0, 0.05) is 5.56 Å². The van der Waals surface area contributed by atoms with Gasteiger partial charge in [-0.1, -0.05) is 31.5 Å². The van der Waals surface area contributed by atoms with E-state index in [1.165, 1.54) is 5.56 Å². The van der Waals surface area contributed by atoms with Crippen LogP contribution in [0.1, 0.15) is 29.8 Å². The quantitative estimate of drug-likeness (QED) is 0.678. The van der Waals surface area contributed by atoms with Gasteiger partial charge in [-0.2, -0.15) is 0 Å². The molecular weight excluding hydrogens is 184 g/mol. The lowest BCUT2D eigenvalue weighted by atomic mass is 10.0. The molecule has 0 amide bonds. The Morgan fingerprint density at radius 1 is 1.46 bits per heavy atom. The molecule has 0 heterocycles. The minimum atomic E-state index is 0.530. The Morgan fingerprint density at radius 2 is 2.15 bits per heavy atom. The molecule has 2 heteroatoms. The summed E-state index contributed by atoms with van der Waals surface area (Å²) in [6.07, 6.45) is 1.78. The summed E-state index contributed by atoms with van der Waals surface area (Å²) in [5.74, 6) is 0.598. The van der Waals surface area contributed by atoms with Gasteiger partial charge in [0.1, 0.15) is 0 Å². The van der Waals surface area contributed by atoms with Crippen LogP contribution in [0, 0.1) is 5.92 Å². The summed E-state index contributed by atoms with van der Waals surface area (Å²) >= 11 is 5.80. The maximum absolute atomic E-state index is 10.6. The van der Waals surface area contributed by atoms with E-state index in [9.17, 15) is 4.79 Å². The van der Waals surface area contributed by atoms with Crippen LogP contribution in [0.5, 0.6) is 0 Å². The third-order valence-electron chi connectivity index (χ3n) is 1.83. The first-order chi connectivity index (χ1) is 6.13. The van der Waals surface area contributed by atoms with Gasteiger partial charge in [-0.3, -0.25) is 4.79 Å². The topological polar surface area (TPSA) is 17.1 Å². The number of hydrogen-bond donors (Lipinski definition) is 0. The maximum atomic E-state index is 10.6. The fraction of sp³-hybridized carbons (Fsp3) is 0.364. The van der Waals surface area contributed by atoms with Crippen molar-refractivity contribution in [2.75, 3.05) is 0 Å². The van der Waals surface area contributed by atoms with E-state index in [2.05, 4.69) is 13.8 Å². The van der Waals surface area contributed by atoms with Crippen molar-refractivity contribution in [3.05, 3.63) is 34.3 Å². The number of carbonyl (C=O) groups excluding carboxylic acids is 1. The molecule has 1 nitrogen and oxygen atoms in total. The Bertz CT molecular complexity index is 305. The van der Waals surface area contributed by atoms with Gasteiger partial charge < -0.3 is 0 Å². The standard InChI is InChI=1S/C11H13ClO/c1-8(2)5-9-3-4-11(12)10(6-9)7-13/h3-4,6-8H,5H2,1-2H3. The van der Waals surface area contributed by atoms with Crippen LogP contribution in [0.2, 0.25) is 5.02 Å². The maximum Gasteiger partial charge on any atom is 0.151 e. The van der Waals surface area contributed by atoms with E-state index in [1.807, 2.05) is 12.1 Å². The van der Waals surface area contributed by atoms with Crippen molar-refractivity contribution in [3.63, 3.8) is 0 Å². The Balaban J connectivity index is 2.92. The molecule has 0 aromatic heterocycles. The number of benzene rings is 1. The fourth-order valence-electron chi connectivity index (χ4n) is 1.28. The molecule has 0 saturated carbocycles. The first-order valence-electron chi connectivity index (χ1n) is 4.37. The second kappa shape index (κ2) is 4.43. The zero-order valence-electron chi connectivity index (χ0n) is 7.88. The molecule has 0 aliphatic heterocycles. The van der Waals surface area contributed by atoms with E-state index in [4.69, 9.17) is 11.6 Å². The number of aldehydes is 1. The van der Waals surface area contributed by atoms with Gasteiger partial charge in [-0.05, 0) is 30.0 Å². The van der Waals surface area contributed by atoms with Gasteiger partial charge in [0.25, 0.3) is 0 Å². The smallest absolute Gasteiger partial charge is 0.151 e. The van der Waals surface area contributed by atoms with E-state index in [-0.39, 0.29) is 0 Å². The number of hydrogen-bond acceptors (Lipinski definition) is 1. The van der Waals surface area contributed by atoms with Gasteiger partial charge in [-0.15, -0.1) is 0 Å². The number of carbonyl (C=O) groups is 1. The molecule has 13 heavy (non-hydrogen) atoms. The van der Waals surface area contributed by atoms with Crippen molar-refractivity contribution >= 4 is 17.9 Å². The van der Waals surface area contributed by atoms with Gasteiger partial charge in [0.2, 0.25) is 0 Å². The molecule has 0 radical (unpaired) electrons. The highest BCUT2D eigenvalue weighted by molar-refractivity contribution is 6.32. The van der Waals surface area contributed by atoms with Crippen molar-refractivity contribution in [2.45, 2.75) is 20.3 Å². The summed E-state index contributed by atoms with van der Waals surface area (Å²) in [5.41, 5.74) is 1.75. The Morgan fingerprint density at radius 3 is 2.69 bits per heavy atom. The number of halogens is 1. The largest absolute Gasteiger partial charge is 0.298 e. The van der Waals surface area contributed by atoms with Crippen LogP contribution in [-0.2, 0) is 6.42 Å². The van der Waals surface area contributed by atoms with Crippen LogP contribution in [0.3, 0.4) is 0 Å². The average Bonchev–Trinajstić information content (AvgIpc) is 2.07. The van der Waals surface area contributed by atoms with Crippen LogP contribution >= 0.6 is 11.6 Å². The molecule has 0 aliphatic carbocycles. The third kappa shape index (κ3) is 2.85. The van der Waals surface area contributed by atoms with E-state index in [0.29, 0.717) is 16.5 Å². The molecule has 0 bridgehead atoms. The summed E-state index contributed by atoms with van der Waals surface area (Å²) in [5, 5.41) is 0.530. The predicted molar refractivity (Wildman–Crippen MR) is 55.4 cm³/mol. The van der Waals surface area contributed by atoms with Crippen molar-refractivity contribution in [2.24, 2.45) is 5.92 Å². The molecule has 0 saturated heterocycles. The molecule has 0 unspecified atom stereocenters. The third-order valence-corrected chi connectivity index (χ3v) is 2.18. The second-order valence-electron chi connectivity index (χ2n) is 3.57. The minimum Gasteiger partial charge on any atom is -0.298 e. The highest BCUT2D eigenvalue weighted by Crippen LogP contribution is 2.17. The van der Waals surface area contributed by atoms with Crippen molar-refractivity contribution in [3.8, 4) is 0 Å². The minimum absolute atomic E-state index is 0.530. The molecule has 70 valence electrons. The lowest BCUT2D eigenvalue weighted by Gasteiger charge is -2.05. The zero-order valence-corrected chi connectivity index (χ0v) is 8.64. The Kier molecular flexibility index (Phi) is 3.49. The first-order valence-corrected chi connectivity index (χ1v) is 4.75. The van der Waals surface area contributed by atoms with Gasteiger partial charge >= 0.3 is 0 Å². The highest BCUT2D eigenvalue weighted by Gasteiger charge is 2.02. The van der Waals surface area contributed by atoms with Gasteiger partial charge in [0.15, 0.2) is 6.29 Å². The van der Waals surface area contributed by atoms with E-state index >= 15 is 0 Å². The first kappa shape index (κ1) is 10.3. The van der Waals surface area contributed by atoms with Crippen molar-refractivity contribution < 1.29 is 4.79 Å². The summed E-state index contributed by atoms with van der Waals surface area (Å²) < 4.78 is 0. The fourth-order valence-corrected chi connectivity index (χ4v) is 1.44. The van der Waals surface area contributed by atoms with Gasteiger partial charge in [-0.25, -0.2) is 0 Å². The molecule has 1 aromatic rings. The molecule has 0 aliphatic rings. The Hall–Kier alpha value is -0.820. The normalized spacial score (nSPS) is 10.5. The monoisotopic (exact) mass is 196 g/mol. The Labute approximate surface area is 83.7 Å². The molecule has 1 rings (SSSR count). The molecule has 0 atom stereocenters. The van der Waals surface area contributed by atoms with Crippen molar-refractivity contribution in [1.29, 1.82) is 0 Å². The molecule has 0 spiro atoms. The zero-order chi connectivity index (χ0) is 9.84.